The number of rotatable bonds is 17. The van der Waals surface area contributed by atoms with Gasteiger partial charge in [0.2, 0.25) is 5.91 Å². The smallest absolute Gasteiger partial charge is 0.411 e. The number of hydrogen-bond acceptors (Lipinski definition) is 7. The maximum atomic E-state index is 13.0. The number of ether oxygens (including phenoxy) is 4. The Morgan fingerprint density at radius 3 is 2.16 bits per heavy atom. The highest BCUT2D eigenvalue weighted by atomic mass is 16.7. The van der Waals surface area contributed by atoms with E-state index in [0.717, 1.165) is 75.0 Å². The molecule has 2 amide bonds. The number of carbonyl (C=O) groups is 2. The van der Waals surface area contributed by atoms with Crippen LogP contribution in [-0.4, -0.2) is 93.8 Å². The van der Waals surface area contributed by atoms with E-state index in [0.29, 0.717) is 38.0 Å². The van der Waals surface area contributed by atoms with Gasteiger partial charge in [-0.1, -0.05) is 85.6 Å². The van der Waals surface area contributed by atoms with Crippen molar-refractivity contribution in [2.75, 3.05) is 58.9 Å². The molecule has 2 aliphatic carbocycles. The molecule has 1 N–H and O–H groups in total. The average Bonchev–Trinajstić information content (AvgIpc) is 3.90. The Labute approximate surface area is 303 Å². The monoisotopic (exact) mass is 697 g/mol. The molecule has 0 spiro atoms. The molecule has 2 saturated carbocycles. The fraction of sp³-hybridized carbons (Fsp3) is 0.524. The number of nitrogens with one attached hydrogen (secondary N) is 1. The van der Waals surface area contributed by atoms with Gasteiger partial charge in [0.15, 0.2) is 6.29 Å². The zero-order valence-corrected chi connectivity index (χ0v) is 30.3. The summed E-state index contributed by atoms with van der Waals surface area (Å²) in [5.74, 6) is 1.27. The summed E-state index contributed by atoms with van der Waals surface area (Å²) in [6.45, 7) is 4.66. The van der Waals surface area contributed by atoms with Crippen LogP contribution in [-0.2, 0) is 36.6 Å². The van der Waals surface area contributed by atoms with Gasteiger partial charge in [0.1, 0.15) is 6.10 Å². The highest BCUT2D eigenvalue weighted by molar-refractivity contribution is 5.91. The number of fused-ring (bicyclic) bond motifs is 1. The van der Waals surface area contributed by atoms with E-state index in [4.69, 9.17) is 18.9 Å². The van der Waals surface area contributed by atoms with Gasteiger partial charge in [-0.3, -0.25) is 10.1 Å². The molecule has 0 bridgehead atoms. The standard InChI is InChI=1S/C42H55N3O6/c1-48-41(49-2)30-45(36-12-6-7-13-36)40(46)22-25-50-24-21-32-18-16-31(17-19-32)20-23-44-28-34-26-37(27-35(34)29-44)51-42(47)43-39-15-9-8-14-38(39)33-10-4-3-5-11-33/h3-5,8-11,14-19,34-37,41H,6-7,12-13,20-30H2,1-2H3,(H,43,47)/t34-,35+,37-. The maximum Gasteiger partial charge on any atom is 0.411 e. The van der Waals surface area contributed by atoms with Gasteiger partial charge in [0, 0.05) is 45.5 Å². The second-order valence-electron chi connectivity index (χ2n) is 14.4. The summed E-state index contributed by atoms with van der Waals surface area (Å²) in [6, 6.07) is 27.1. The second kappa shape index (κ2) is 18.6. The third-order valence-electron chi connectivity index (χ3n) is 11.0. The van der Waals surface area contributed by atoms with Crippen LogP contribution in [0.25, 0.3) is 11.1 Å². The molecule has 3 aromatic rings. The minimum absolute atomic E-state index is 0.0285. The van der Waals surface area contributed by atoms with E-state index in [1.54, 1.807) is 14.2 Å². The highest BCUT2D eigenvalue weighted by Crippen LogP contribution is 2.40. The molecule has 1 aliphatic heterocycles. The van der Waals surface area contributed by atoms with Gasteiger partial charge >= 0.3 is 6.09 Å². The number of methoxy groups -OCH3 is 2. The first kappa shape index (κ1) is 37.0. The predicted molar refractivity (Wildman–Crippen MR) is 199 cm³/mol. The first-order valence-electron chi connectivity index (χ1n) is 18.8. The van der Waals surface area contributed by atoms with Gasteiger partial charge in [-0.05, 0) is 73.1 Å². The zero-order chi connectivity index (χ0) is 35.4. The molecule has 1 heterocycles. The van der Waals surface area contributed by atoms with Gasteiger partial charge in [-0.2, -0.15) is 0 Å². The number of para-hydroxylation sites is 1. The Balaban J connectivity index is 0.857. The van der Waals surface area contributed by atoms with E-state index in [-0.39, 0.29) is 24.1 Å². The Bertz CT molecular complexity index is 1510. The summed E-state index contributed by atoms with van der Waals surface area (Å²) < 4.78 is 22.5. The number of carbonyl (C=O) groups excluding carboxylic acids is 2. The topological polar surface area (TPSA) is 89.6 Å². The number of nitrogens with zero attached hydrogens (tertiary/aromatic N) is 2. The summed E-state index contributed by atoms with van der Waals surface area (Å²) in [4.78, 5) is 30.4. The average molecular weight is 698 g/mol. The van der Waals surface area contributed by atoms with Gasteiger partial charge < -0.3 is 28.7 Å². The number of likely N-dealkylation sites (tertiary alicyclic amines) is 1. The molecule has 0 unspecified atom stereocenters. The molecule has 9 nitrogen and oxygen atoms in total. The molecule has 274 valence electrons. The minimum atomic E-state index is -0.404. The molecule has 3 fully saturated rings. The predicted octanol–water partition coefficient (Wildman–Crippen LogP) is 7.19. The summed E-state index contributed by atoms with van der Waals surface area (Å²) in [6.07, 6.45) is 7.71. The van der Waals surface area contributed by atoms with Gasteiger partial charge in [-0.15, -0.1) is 0 Å². The summed E-state index contributed by atoms with van der Waals surface area (Å²) >= 11 is 0. The molecule has 51 heavy (non-hydrogen) atoms. The Morgan fingerprint density at radius 2 is 1.47 bits per heavy atom. The Hall–Kier alpha value is -3.76. The van der Waals surface area contributed by atoms with E-state index in [1.165, 1.54) is 24.0 Å². The molecule has 1 saturated heterocycles. The van der Waals surface area contributed by atoms with Crippen LogP contribution < -0.4 is 5.32 Å². The summed E-state index contributed by atoms with van der Waals surface area (Å²) in [5.41, 5.74) is 5.40. The van der Waals surface area contributed by atoms with Crippen LogP contribution in [0, 0.1) is 11.8 Å². The minimum Gasteiger partial charge on any atom is -0.446 e. The van der Waals surface area contributed by atoms with Gasteiger partial charge in [0.05, 0.1) is 31.9 Å². The third kappa shape index (κ3) is 10.4. The van der Waals surface area contributed by atoms with Crippen molar-refractivity contribution >= 4 is 17.7 Å². The lowest BCUT2D eigenvalue weighted by Gasteiger charge is -2.31. The lowest BCUT2D eigenvalue weighted by molar-refractivity contribution is -0.150. The number of anilines is 1. The lowest BCUT2D eigenvalue weighted by Crippen LogP contribution is -2.44. The van der Waals surface area contributed by atoms with Gasteiger partial charge in [0.25, 0.3) is 0 Å². The van der Waals surface area contributed by atoms with E-state index in [1.807, 2.05) is 59.5 Å². The summed E-state index contributed by atoms with van der Waals surface area (Å²) in [5, 5.41) is 2.99. The van der Waals surface area contributed by atoms with E-state index in [9.17, 15) is 9.59 Å². The van der Waals surface area contributed by atoms with E-state index < -0.39 is 6.29 Å². The normalized spacial score (nSPS) is 20.5. The molecule has 3 atom stereocenters. The molecular formula is C42H55N3O6. The van der Waals surface area contributed by atoms with Crippen LogP contribution >= 0.6 is 0 Å². The molecule has 6 rings (SSSR count). The fourth-order valence-corrected chi connectivity index (χ4v) is 8.20. The van der Waals surface area contributed by atoms with Crippen LogP contribution in [0.4, 0.5) is 10.5 Å². The zero-order valence-electron chi connectivity index (χ0n) is 30.3. The van der Waals surface area contributed by atoms with Crippen molar-refractivity contribution in [1.82, 2.24) is 9.80 Å². The van der Waals surface area contributed by atoms with Crippen molar-refractivity contribution < 1.29 is 28.5 Å². The first-order valence-corrected chi connectivity index (χ1v) is 18.8. The van der Waals surface area contributed by atoms with Crippen molar-refractivity contribution in [1.29, 1.82) is 0 Å². The lowest BCUT2D eigenvalue weighted by atomic mass is 10.0. The number of benzene rings is 3. The largest absolute Gasteiger partial charge is 0.446 e. The van der Waals surface area contributed by atoms with Crippen LogP contribution in [0.1, 0.15) is 56.1 Å². The van der Waals surface area contributed by atoms with Crippen molar-refractivity contribution in [3.05, 3.63) is 90.0 Å². The molecule has 3 aliphatic rings. The van der Waals surface area contributed by atoms with Crippen molar-refractivity contribution in [3.63, 3.8) is 0 Å². The van der Waals surface area contributed by atoms with Crippen molar-refractivity contribution in [2.45, 2.75) is 76.2 Å². The first-order chi connectivity index (χ1) is 25.0. The van der Waals surface area contributed by atoms with Crippen molar-refractivity contribution in [2.24, 2.45) is 11.8 Å². The molecular weight excluding hydrogens is 642 g/mol. The Kier molecular flexibility index (Phi) is 13.5. The van der Waals surface area contributed by atoms with Crippen molar-refractivity contribution in [3.8, 4) is 11.1 Å². The van der Waals surface area contributed by atoms with Crippen LogP contribution in [0.2, 0.25) is 0 Å². The quantitative estimate of drug-likeness (QED) is 0.118. The number of hydrogen-bond donors (Lipinski definition) is 1. The second-order valence-corrected chi connectivity index (χ2v) is 14.4. The van der Waals surface area contributed by atoms with Crippen LogP contribution in [0.3, 0.4) is 0 Å². The molecule has 0 radical (unpaired) electrons. The SMILES string of the molecule is COC(CN(C(=O)CCOCCc1ccc(CCN2C[C@H]3C[C@@H](OC(=O)Nc4ccccc4-c4ccccc4)C[C@H]3C2)cc1)C1CCCC1)OC. The van der Waals surface area contributed by atoms with E-state index in [2.05, 4.69) is 34.5 Å². The molecule has 3 aromatic carbocycles. The van der Waals surface area contributed by atoms with Gasteiger partial charge in [-0.25, -0.2) is 4.79 Å². The molecule has 9 heteroatoms. The Morgan fingerprint density at radius 1 is 0.824 bits per heavy atom. The van der Waals surface area contributed by atoms with Crippen LogP contribution in [0.15, 0.2) is 78.9 Å². The van der Waals surface area contributed by atoms with E-state index >= 15 is 0 Å². The summed E-state index contributed by atoms with van der Waals surface area (Å²) in [7, 11) is 3.23. The third-order valence-corrected chi connectivity index (χ3v) is 11.0. The molecule has 0 aromatic heterocycles. The fourth-order valence-electron chi connectivity index (χ4n) is 8.20. The highest BCUT2D eigenvalue weighted by Gasteiger charge is 2.42. The number of amides is 2. The van der Waals surface area contributed by atoms with Crippen LogP contribution in [0.5, 0.6) is 0 Å². The maximum absolute atomic E-state index is 13.0.